The van der Waals surface area contributed by atoms with Crippen molar-refractivity contribution in [1.82, 2.24) is 14.9 Å². The summed E-state index contributed by atoms with van der Waals surface area (Å²) in [5.41, 5.74) is 8.82. The van der Waals surface area contributed by atoms with Crippen LogP contribution >= 0.6 is 0 Å². The summed E-state index contributed by atoms with van der Waals surface area (Å²) in [5, 5.41) is 12.1. The lowest BCUT2D eigenvalue weighted by Crippen LogP contribution is -2.27. The number of ether oxygens (including phenoxy) is 1. The van der Waals surface area contributed by atoms with Crippen molar-refractivity contribution in [3.8, 4) is 17.0 Å². The summed E-state index contributed by atoms with van der Waals surface area (Å²) < 4.78 is 7.47. The van der Waals surface area contributed by atoms with Crippen molar-refractivity contribution in [2.24, 2.45) is 0 Å². The molecular weight excluding hydrogens is 586 g/mol. The summed E-state index contributed by atoms with van der Waals surface area (Å²) in [7, 11) is 0. The molecule has 1 amide bonds. The minimum absolute atomic E-state index is 0.0884. The number of carboxylic acids is 1. The van der Waals surface area contributed by atoms with Gasteiger partial charge in [0.1, 0.15) is 18.1 Å². The Bertz CT molecular complexity index is 1840. The third-order valence-corrected chi connectivity index (χ3v) is 8.13. The number of nitrogens with zero attached hydrogens (tertiary/aromatic N) is 2. The molecule has 1 aliphatic carbocycles. The van der Waals surface area contributed by atoms with Gasteiger partial charge >= 0.3 is 5.97 Å². The van der Waals surface area contributed by atoms with Gasteiger partial charge in [-0.2, -0.15) is 0 Å². The van der Waals surface area contributed by atoms with E-state index in [1.807, 2.05) is 42.0 Å². The number of amides is 1. The summed E-state index contributed by atoms with van der Waals surface area (Å²) in [4.78, 5) is 29.3. The quantitative estimate of drug-likeness (QED) is 0.156. The van der Waals surface area contributed by atoms with Crippen molar-refractivity contribution >= 4 is 23.5 Å². The number of carbonyl (C=O) groups excluding carboxylic acids is 1. The third kappa shape index (κ3) is 8.64. The van der Waals surface area contributed by atoms with Crippen molar-refractivity contribution in [3.63, 3.8) is 0 Å². The summed E-state index contributed by atoms with van der Waals surface area (Å²) in [5.74, 6) is 0.397. The molecule has 5 rings (SSSR count). The lowest BCUT2D eigenvalue weighted by atomic mass is 9.99. The first-order valence-electron chi connectivity index (χ1n) is 16.1. The van der Waals surface area contributed by atoms with E-state index in [4.69, 9.17) is 14.8 Å². The van der Waals surface area contributed by atoms with Gasteiger partial charge in [-0.05, 0) is 89.9 Å². The van der Waals surface area contributed by atoms with Crippen molar-refractivity contribution < 1.29 is 19.4 Å². The van der Waals surface area contributed by atoms with Gasteiger partial charge in [0, 0.05) is 18.3 Å². The number of carboxylic acid groups (broad SMARTS) is 1. The van der Waals surface area contributed by atoms with Gasteiger partial charge in [-0.1, -0.05) is 86.7 Å². The van der Waals surface area contributed by atoms with E-state index < -0.39 is 5.97 Å². The van der Waals surface area contributed by atoms with Crippen LogP contribution in [0.5, 0.6) is 5.75 Å². The van der Waals surface area contributed by atoms with Gasteiger partial charge in [0.05, 0.1) is 17.9 Å². The number of hydrogen-bond donors (Lipinski definition) is 2. The molecule has 0 fully saturated rings. The average Bonchev–Trinajstić information content (AvgIpc) is 3.33. The molecule has 7 heteroatoms. The molecule has 47 heavy (non-hydrogen) atoms. The van der Waals surface area contributed by atoms with Crippen LogP contribution < -0.4 is 10.1 Å². The fourth-order valence-corrected chi connectivity index (χ4v) is 5.48. The van der Waals surface area contributed by atoms with Crippen molar-refractivity contribution in [2.75, 3.05) is 6.61 Å². The SMILES string of the molecule is CCOc1ccc(C2=CC=C(/C=C/c3nc(-c4ccc(CC)cc4CC)cn3CC(=O)NCc3ccc(C(=O)O)cc3)C=CC2)cc1. The smallest absolute Gasteiger partial charge is 0.335 e. The molecule has 4 aromatic rings. The molecule has 0 saturated heterocycles. The number of allylic oxidation sites excluding steroid dienone is 7. The van der Waals surface area contributed by atoms with E-state index in [-0.39, 0.29) is 18.0 Å². The van der Waals surface area contributed by atoms with Gasteiger partial charge in [0.25, 0.3) is 0 Å². The van der Waals surface area contributed by atoms with E-state index in [1.165, 1.54) is 28.8 Å². The Morgan fingerprint density at radius 1 is 0.936 bits per heavy atom. The fourth-order valence-electron chi connectivity index (χ4n) is 5.48. The topological polar surface area (TPSA) is 93.5 Å². The maximum absolute atomic E-state index is 13.1. The second-order valence-electron chi connectivity index (χ2n) is 11.3. The van der Waals surface area contributed by atoms with E-state index in [9.17, 15) is 9.59 Å². The normalized spacial score (nSPS) is 12.8. The molecule has 0 atom stereocenters. The number of hydrogen-bond acceptors (Lipinski definition) is 4. The van der Waals surface area contributed by atoms with Crippen LogP contribution in [0.3, 0.4) is 0 Å². The zero-order valence-electron chi connectivity index (χ0n) is 27.2. The van der Waals surface area contributed by atoms with E-state index >= 15 is 0 Å². The lowest BCUT2D eigenvalue weighted by Gasteiger charge is -2.08. The van der Waals surface area contributed by atoms with Crippen LogP contribution in [-0.2, 0) is 30.7 Å². The van der Waals surface area contributed by atoms with Crippen molar-refractivity contribution in [2.45, 2.75) is 53.1 Å². The van der Waals surface area contributed by atoms with Crippen LogP contribution in [0.25, 0.3) is 22.9 Å². The van der Waals surface area contributed by atoms with Crippen LogP contribution in [0.15, 0.2) is 109 Å². The Balaban J connectivity index is 1.38. The van der Waals surface area contributed by atoms with Crippen LogP contribution in [0.2, 0.25) is 0 Å². The zero-order chi connectivity index (χ0) is 33.2. The molecule has 240 valence electrons. The molecule has 0 aliphatic heterocycles. The Labute approximate surface area is 276 Å². The Hall–Kier alpha value is -5.43. The molecule has 0 bridgehead atoms. The summed E-state index contributed by atoms with van der Waals surface area (Å²) in [6.45, 7) is 7.30. The van der Waals surface area contributed by atoms with Gasteiger partial charge in [-0.25, -0.2) is 9.78 Å². The first-order chi connectivity index (χ1) is 22.9. The van der Waals surface area contributed by atoms with E-state index in [0.29, 0.717) is 19.0 Å². The van der Waals surface area contributed by atoms with Crippen molar-refractivity contribution in [1.29, 1.82) is 0 Å². The number of carbonyl (C=O) groups is 2. The van der Waals surface area contributed by atoms with Gasteiger partial charge in [0.2, 0.25) is 5.91 Å². The van der Waals surface area contributed by atoms with Crippen molar-refractivity contribution in [3.05, 3.63) is 143 Å². The third-order valence-electron chi connectivity index (χ3n) is 8.13. The second kappa shape index (κ2) is 15.7. The first-order valence-corrected chi connectivity index (χ1v) is 16.1. The molecule has 0 spiro atoms. The summed E-state index contributed by atoms with van der Waals surface area (Å²) in [6.07, 6.45) is 17.1. The van der Waals surface area contributed by atoms with Crippen LogP contribution in [0.4, 0.5) is 0 Å². The number of aryl methyl sites for hydroxylation is 2. The van der Waals surface area contributed by atoms with E-state index in [1.54, 1.807) is 12.1 Å². The highest BCUT2D eigenvalue weighted by atomic mass is 16.5. The minimum Gasteiger partial charge on any atom is -0.494 e. The molecule has 1 aliphatic rings. The average molecular weight is 628 g/mol. The predicted molar refractivity (Wildman–Crippen MR) is 188 cm³/mol. The largest absolute Gasteiger partial charge is 0.494 e. The Morgan fingerprint density at radius 3 is 2.40 bits per heavy atom. The zero-order valence-corrected chi connectivity index (χ0v) is 27.2. The molecule has 0 saturated carbocycles. The monoisotopic (exact) mass is 627 g/mol. The highest BCUT2D eigenvalue weighted by molar-refractivity contribution is 5.87. The van der Waals surface area contributed by atoms with Gasteiger partial charge in [-0.15, -0.1) is 0 Å². The second-order valence-corrected chi connectivity index (χ2v) is 11.3. The number of nitrogens with one attached hydrogen (secondary N) is 1. The highest BCUT2D eigenvalue weighted by Gasteiger charge is 2.14. The Morgan fingerprint density at radius 2 is 1.70 bits per heavy atom. The molecule has 0 unspecified atom stereocenters. The molecule has 1 heterocycles. The fraction of sp³-hybridized carbons (Fsp3) is 0.225. The number of aromatic nitrogens is 2. The van der Waals surface area contributed by atoms with Gasteiger partial charge in [-0.3, -0.25) is 4.79 Å². The molecule has 1 aromatic heterocycles. The standard InChI is InChI=1S/C40H41N3O4/c1-4-28-13-22-36(31(5-2)24-28)37-26-43(27-39(44)41-25-30-11-16-34(17-12-30)40(45)46)38(42-37)23-14-29-8-7-9-32(15-10-29)33-18-20-35(21-19-33)47-6-3/h7-8,10-24,26H,4-6,9,25,27H2,1-3H3,(H,41,44)(H,45,46)/b23-14+. The molecule has 2 N–H and O–H groups in total. The molecule has 3 aromatic carbocycles. The summed E-state index contributed by atoms with van der Waals surface area (Å²) in [6, 6.07) is 21.2. The number of benzene rings is 3. The Kier molecular flexibility index (Phi) is 11.0. The summed E-state index contributed by atoms with van der Waals surface area (Å²) >= 11 is 0. The van der Waals surface area contributed by atoms with Gasteiger partial charge < -0.3 is 19.7 Å². The minimum atomic E-state index is -0.980. The maximum atomic E-state index is 13.1. The van der Waals surface area contributed by atoms with Crippen LogP contribution in [-0.4, -0.2) is 33.1 Å². The molecular formula is C40H41N3O4. The van der Waals surface area contributed by atoms with E-state index in [0.717, 1.165) is 53.0 Å². The maximum Gasteiger partial charge on any atom is 0.335 e. The predicted octanol–water partition coefficient (Wildman–Crippen LogP) is 8.07. The number of imidazole rings is 1. The van der Waals surface area contributed by atoms with Crippen LogP contribution in [0.1, 0.15) is 65.6 Å². The van der Waals surface area contributed by atoms with E-state index in [2.05, 4.69) is 73.8 Å². The first kappa shape index (κ1) is 32.9. The molecule has 0 radical (unpaired) electrons. The number of rotatable bonds is 13. The lowest BCUT2D eigenvalue weighted by molar-refractivity contribution is -0.121. The van der Waals surface area contributed by atoms with Crippen LogP contribution in [0, 0.1) is 0 Å². The number of aromatic carboxylic acids is 1. The molecule has 7 nitrogen and oxygen atoms in total. The highest BCUT2D eigenvalue weighted by Crippen LogP contribution is 2.27. The van der Waals surface area contributed by atoms with Gasteiger partial charge in [0.15, 0.2) is 0 Å².